The van der Waals surface area contributed by atoms with E-state index in [0.29, 0.717) is 16.1 Å². The van der Waals surface area contributed by atoms with E-state index in [2.05, 4.69) is 60.7 Å². The van der Waals surface area contributed by atoms with Crippen molar-refractivity contribution in [3.63, 3.8) is 0 Å². The van der Waals surface area contributed by atoms with E-state index in [4.69, 9.17) is 9.47 Å². The molecule has 138 valence electrons. The number of benzene rings is 1. The third-order valence-electron chi connectivity index (χ3n) is 7.33. The van der Waals surface area contributed by atoms with Crippen molar-refractivity contribution in [2.45, 2.75) is 56.3 Å². The second-order valence-corrected chi connectivity index (χ2v) is 10.4. The van der Waals surface area contributed by atoms with Crippen molar-refractivity contribution >= 4 is 22.6 Å². The summed E-state index contributed by atoms with van der Waals surface area (Å²) in [5, 5.41) is 0. The van der Waals surface area contributed by atoms with Crippen LogP contribution in [-0.4, -0.2) is 13.4 Å². The van der Waals surface area contributed by atoms with Gasteiger partial charge in [0.15, 0.2) is 6.79 Å². The van der Waals surface area contributed by atoms with Crippen LogP contribution in [-0.2, 0) is 4.74 Å². The molecule has 0 radical (unpaired) electrons. The Kier molecular flexibility index (Phi) is 5.34. The third kappa shape index (κ3) is 3.60. The molecule has 0 amide bonds. The lowest BCUT2D eigenvalue weighted by Crippen LogP contribution is -2.53. The lowest BCUT2D eigenvalue weighted by Gasteiger charge is -2.60. The SMILES string of the molecule is CCC(I)c1ccc(OCOCC2(C)C3CC4CC(C3)CC2C4)cc1. The van der Waals surface area contributed by atoms with Crippen LogP contribution in [0, 0.1) is 29.1 Å². The van der Waals surface area contributed by atoms with Gasteiger partial charge in [-0.3, -0.25) is 0 Å². The summed E-state index contributed by atoms with van der Waals surface area (Å²) in [4.78, 5) is 0. The van der Waals surface area contributed by atoms with Crippen LogP contribution in [0.4, 0.5) is 0 Å². The molecule has 4 fully saturated rings. The minimum Gasteiger partial charge on any atom is -0.468 e. The van der Waals surface area contributed by atoms with Gasteiger partial charge >= 0.3 is 0 Å². The summed E-state index contributed by atoms with van der Waals surface area (Å²) in [6.07, 6.45) is 8.47. The van der Waals surface area contributed by atoms with Crippen LogP contribution in [0.15, 0.2) is 24.3 Å². The van der Waals surface area contributed by atoms with Crippen LogP contribution in [0.25, 0.3) is 0 Å². The Hall–Kier alpha value is -0.290. The molecule has 2 nitrogen and oxygen atoms in total. The van der Waals surface area contributed by atoms with Crippen molar-refractivity contribution in [3.8, 4) is 5.75 Å². The fraction of sp³-hybridized carbons (Fsp3) is 0.727. The molecule has 1 aromatic rings. The van der Waals surface area contributed by atoms with Gasteiger partial charge in [-0.05, 0) is 85.3 Å². The molecule has 1 atom stereocenters. The van der Waals surface area contributed by atoms with Crippen LogP contribution in [0.5, 0.6) is 5.75 Å². The van der Waals surface area contributed by atoms with Gasteiger partial charge in [0.1, 0.15) is 5.75 Å². The molecule has 4 saturated carbocycles. The molecule has 0 spiro atoms. The Morgan fingerprint density at radius 1 is 1.04 bits per heavy atom. The number of rotatable bonds is 7. The molecule has 0 aliphatic heterocycles. The Morgan fingerprint density at radius 2 is 1.64 bits per heavy atom. The quantitative estimate of drug-likeness (QED) is 0.206. The largest absolute Gasteiger partial charge is 0.468 e. The van der Waals surface area contributed by atoms with Crippen LogP contribution < -0.4 is 4.74 Å². The van der Waals surface area contributed by atoms with Gasteiger partial charge in [0.2, 0.25) is 0 Å². The summed E-state index contributed by atoms with van der Waals surface area (Å²) in [6, 6.07) is 8.50. The highest BCUT2D eigenvalue weighted by Gasteiger charge is 2.54. The van der Waals surface area contributed by atoms with E-state index >= 15 is 0 Å². The lowest BCUT2D eigenvalue weighted by molar-refractivity contribution is -0.147. The number of hydrogen-bond acceptors (Lipinski definition) is 2. The highest BCUT2D eigenvalue weighted by molar-refractivity contribution is 14.1. The molecule has 3 heteroatoms. The smallest absolute Gasteiger partial charge is 0.189 e. The Balaban J connectivity index is 1.27. The predicted octanol–water partition coefficient (Wildman–Crippen LogP) is 6.39. The average molecular weight is 454 g/mol. The zero-order valence-corrected chi connectivity index (χ0v) is 17.7. The summed E-state index contributed by atoms with van der Waals surface area (Å²) in [6.45, 7) is 5.95. The first-order valence-electron chi connectivity index (χ1n) is 10.0. The van der Waals surface area contributed by atoms with Crippen molar-refractivity contribution in [1.29, 1.82) is 0 Å². The van der Waals surface area contributed by atoms with Gasteiger partial charge in [-0.25, -0.2) is 0 Å². The molecule has 25 heavy (non-hydrogen) atoms. The summed E-state index contributed by atoms with van der Waals surface area (Å²) < 4.78 is 12.5. The normalized spacial score (nSPS) is 37.2. The zero-order chi connectivity index (χ0) is 17.4. The molecule has 0 aromatic heterocycles. The first kappa shape index (κ1) is 18.1. The molecule has 4 aliphatic carbocycles. The second-order valence-electron chi connectivity index (χ2n) is 8.87. The summed E-state index contributed by atoms with van der Waals surface area (Å²) in [5.41, 5.74) is 1.76. The maximum Gasteiger partial charge on any atom is 0.189 e. The van der Waals surface area contributed by atoms with Crippen molar-refractivity contribution < 1.29 is 9.47 Å². The van der Waals surface area contributed by atoms with Crippen LogP contribution in [0.3, 0.4) is 0 Å². The molecule has 1 aromatic carbocycles. The third-order valence-corrected chi connectivity index (χ3v) is 8.93. The van der Waals surface area contributed by atoms with E-state index in [1.807, 2.05) is 0 Å². The van der Waals surface area contributed by atoms with Crippen molar-refractivity contribution in [2.24, 2.45) is 29.1 Å². The topological polar surface area (TPSA) is 18.5 Å². The number of ether oxygens (including phenoxy) is 2. The fourth-order valence-corrected chi connectivity index (χ4v) is 6.29. The monoisotopic (exact) mass is 454 g/mol. The van der Waals surface area contributed by atoms with E-state index in [1.165, 1.54) is 37.7 Å². The summed E-state index contributed by atoms with van der Waals surface area (Å²) >= 11 is 2.50. The van der Waals surface area contributed by atoms with Gasteiger partial charge in [0.25, 0.3) is 0 Å². The van der Waals surface area contributed by atoms with Crippen molar-refractivity contribution in [1.82, 2.24) is 0 Å². The van der Waals surface area contributed by atoms with E-state index in [0.717, 1.165) is 42.4 Å². The van der Waals surface area contributed by atoms with Gasteiger partial charge in [-0.2, -0.15) is 0 Å². The standard InChI is InChI=1S/C22H31IO2/c1-3-21(23)17-4-6-20(7-5-17)25-14-24-13-22(2)18-9-15-8-16(11-18)12-19(22)10-15/h4-7,15-16,18-19,21H,3,8-14H2,1-2H3. The highest BCUT2D eigenvalue weighted by atomic mass is 127. The Bertz CT molecular complexity index is 554. The van der Waals surface area contributed by atoms with Crippen molar-refractivity contribution in [3.05, 3.63) is 29.8 Å². The minimum atomic E-state index is 0.378. The van der Waals surface area contributed by atoms with E-state index < -0.39 is 0 Å². The van der Waals surface area contributed by atoms with E-state index in [-0.39, 0.29) is 0 Å². The zero-order valence-electron chi connectivity index (χ0n) is 15.5. The second kappa shape index (κ2) is 7.38. The fourth-order valence-electron chi connectivity index (χ4n) is 5.88. The highest BCUT2D eigenvalue weighted by Crippen LogP contribution is 2.62. The molecular formula is C22H31IO2. The lowest BCUT2D eigenvalue weighted by atomic mass is 9.46. The van der Waals surface area contributed by atoms with Gasteiger partial charge < -0.3 is 9.47 Å². The van der Waals surface area contributed by atoms with Crippen LogP contribution in [0.2, 0.25) is 0 Å². The molecule has 4 aliphatic rings. The molecule has 1 unspecified atom stereocenters. The maximum absolute atomic E-state index is 6.04. The summed E-state index contributed by atoms with van der Waals surface area (Å²) in [5.74, 6) is 4.74. The van der Waals surface area contributed by atoms with Gasteiger partial charge in [0, 0.05) is 3.92 Å². The van der Waals surface area contributed by atoms with Gasteiger partial charge in [0.05, 0.1) is 6.61 Å². The van der Waals surface area contributed by atoms with Crippen LogP contribution >= 0.6 is 22.6 Å². The molecule has 5 rings (SSSR count). The predicted molar refractivity (Wildman–Crippen MR) is 110 cm³/mol. The first-order valence-corrected chi connectivity index (χ1v) is 11.3. The number of alkyl halides is 1. The Morgan fingerprint density at radius 3 is 2.20 bits per heavy atom. The molecule has 0 N–H and O–H groups in total. The number of halogens is 1. The molecule has 0 saturated heterocycles. The summed E-state index contributed by atoms with van der Waals surface area (Å²) in [7, 11) is 0. The van der Waals surface area contributed by atoms with Gasteiger partial charge in [-0.15, -0.1) is 0 Å². The minimum absolute atomic E-state index is 0.378. The maximum atomic E-state index is 6.04. The van der Waals surface area contributed by atoms with E-state index in [9.17, 15) is 0 Å². The average Bonchev–Trinajstić information content (AvgIpc) is 2.63. The van der Waals surface area contributed by atoms with Gasteiger partial charge in [-0.1, -0.05) is 48.6 Å². The number of hydrogen-bond donors (Lipinski definition) is 0. The van der Waals surface area contributed by atoms with Crippen LogP contribution in [0.1, 0.15) is 61.9 Å². The van der Waals surface area contributed by atoms with Crippen molar-refractivity contribution in [2.75, 3.05) is 13.4 Å². The molecule has 4 bridgehead atoms. The molecule has 0 heterocycles. The Labute approximate surface area is 166 Å². The first-order chi connectivity index (χ1) is 12.1. The van der Waals surface area contributed by atoms with E-state index in [1.54, 1.807) is 0 Å². The molecular weight excluding hydrogens is 423 g/mol.